The fourth-order valence-electron chi connectivity index (χ4n) is 4.30. The van der Waals surface area contributed by atoms with Crippen LogP contribution in [0.5, 0.6) is 0 Å². The Hall–Kier alpha value is -2.37. The van der Waals surface area contributed by atoms with Gasteiger partial charge in [0.25, 0.3) is 0 Å². The Balaban J connectivity index is 1.75. The Morgan fingerprint density at radius 3 is 2.82 bits per heavy atom. The van der Waals surface area contributed by atoms with E-state index in [9.17, 15) is 9.59 Å². The number of benzene rings is 1. The van der Waals surface area contributed by atoms with Crippen molar-refractivity contribution >= 4 is 17.6 Å². The molecular weight excluding hydrogens is 356 g/mol. The number of nitrogens with zero attached hydrogens (tertiary/aromatic N) is 2. The van der Waals surface area contributed by atoms with Crippen LogP contribution in [0.15, 0.2) is 29.4 Å². The van der Waals surface area contributed by atoms with E-state index >= 15 is 0 Å². The van der Waals surface area contributed by atoms with Crippen molar-refractivity contribution in [1.82, 2.24) is 4.90 Å². The van der Waals surface area contributed by atoms with Gasteiger partial charge in [-0.3, -0.25) is 9.59 Å². The summed E-state index contributed by atoms with van der Waals surface area (Å²) in [5.74, 6) is -0.144. The van der Waals surface area contributed by atoms with E-state index in [2.05, 4.69) is 18.1 Å². The number of hydrogen-bond donors (Lipinski definition) is 0. The second kappa shape index (κ2) is 8.76. The monoisotopic (exact) mass is 386 g/mol. The first-order chi connectivity index (χ1) is 13.5. The van der Waals surface area contributed by atoms with Gasteiger partial charge in [-0.1, -0.05) is 36.3 Å². The number of piperidine rings is 1. The maximum atomic E-state index is 12.9. The van der Waals surface area contributed by atoms with E-state index in [1.165, 1.54) is 0 Å². The van der Waals surface area contributed by atoms with Crippen molar-refractivity contribution in [3.8, 4) is 0 Å². The predicted octanol–water partition coefficient (Wildman–Crippen LogP) is 3.46. The third-order valence-electron chi connectivity index (χ3n) is 5.75. The van der Waals surface area contributed by atoms with Crippen molar-refractivity contribution in [2.45, 2.75) is 59.0 Å². The molecule has 0 bridgehead atoms. The van der Waals surface area contributed by atoms with Crippen LogP contribution in [0.25, 0.3) is 0 Å². The van der Waals surface area contributed by atoms with Crippen LogP contribution in [-0.2, 0) is 19.2 Å². The Kier molecular flexibility index (Phi) is 6.37. The molecule has 152 valence electrons. The summed E-state index contributed by atoms with van der Waals surface area (Å²) in [6, 6.07) is 8.10. The number of rotatable bonds is 6. The lowest BCUT2D eigenvalue weighted by Crippen LogP contribution is -2.51. The largest absolute Gasteiger partial charge is 0.466 e. The summed E-state index contributed by atoms with van der Waals surface area (Å²) >= 11 is 0. The number of ether oxygens (including phenoxy) is 1. The molecule has 28 heavy (non-hydrogen) atoms. The SMILES string of the molecule is CCOC(=O)C1(CC2CC(c3ccccc3C)=NO2)CCCN(C(=O)CC)C1. The zero-order valence-electron chi connectivity index (χ0n) is 17.1. The van der Waals surface area contributed by atoms with E-state index in [-0.39, 0.29) is 18.0 Å². The van der Waals surface area contributed by atoms with Gasteiger partial charge in [0.05, 0.1) is 17.7 Å². The molecule has 1 aromatic carbocycles. The van der Waals surface area contributed by atoms with Crippen LogP contribution in [0.1, 0.15) is 57.1 Å². The summed E-state index contributed by atoms with van der Waals surface area (Å²) in [6.45, 7) is 7.15. The molecule has 1 amide bonds. The molecule has 0 saturated carbocycles. The average molecular weight is 386 g/mol. The summed E-state index contributed by atoms with van der Waals surface area (Å²) in [5, 5.41) is 4.30. The summed E-state index contributed by atoms with van der Waals surface area (Å²) < 4.78 is 5.42. The maximum Gasteiger partial charge on any atom is 0.314 e. The molecule has 2 heterocycles. The third-order valence-corrected chi connectivity index (χ3v) is 5.75. The number of oxime groups is 1. The zero-order valence-corrected chi connectivity index (χ0v) is 17.1. The van der Waals surface area contributed by atoms with E-state index in [1.54, 1.807) is 4.90 Å². The normalized spacial score (nSPS) is 24.5. The van der Waals surface area contributed by atoms with Crippen molar-refractivity contribution < 1.29 is 19.2 Å². The van der Waals surface area contributed by atoms with Crippen molar-refractivity contribution in [2.75, 3.05) is 19.7 Å². The second-order valence-corrected chi connectivity index (χ2v) is 7.76. The van der Waals surface area contributed by atoms with Gasteiger partial charge in [0, 0.05) is 37.9 Å². The number of aryl methyl sites for hydroxylation is 1. The predicted molar refractivity (Wildman–Crippen MR) is 107 cm³/mol. The molecule has 0 spiro atoms. The van der Waals surface area contributed by atoms with Crippen LogP contribution in [-0.4, -0.2) is 48.3 Å². The van der Waals surface area contributed by atoms with Crippen LogP contribution in [0, 0.1) is 12.3 Å². The summed E-state index contributed by atoms with van der Waals surface area (Å²) in [5.41, 5.74) is 2.43. The first-order valence-electron chi connectivity index (χ1n) is 10.2. The lowest BCUT2D eigenvalue weighted by Gasteiger charge is -2.41. The van der Waals surface area contributed by atoms with Crippen LogP contribution in [0.2, 0.25) is 0 Å². The van der Waals surface area contributed by atoms with E-state index in [4.69, 9.17) is 9.57 Å². The van der Waals surface area contributed by atoms with Gasteiger partial charge in [-0.2, -0.15) is 0 Å². The van der Waals surface area contributed by atoms with Crippen LogP contribution in [0.4, 0.5) is 0 Å². The molecule has 6 nitrogen and oxygen atoms in total. The molecule has 2 aliphatic rings. The van der Waals surface area contributed by atoms with Crippen molar-refractivity contribution in [3.05, 3.63) is 35.4 Å². The van der Waals surface area contributed by atoms with Crippen molar-refractivity contribution in [2.24, 2.45) is 10.6 Å². The quantitative estimate of drug-likeness (QED) is 0.702. The van der Waals surface area contributed by atoms with Gasteiger partial charge in [0.15, 0.2) is 0 Å². The molecule has 3 rings (SSSR count). The van der Waals surface area contributed by atoms with Gasteiger partial charge in [0.1, 0.15) is 6.10 Å². The minimum Gasteiger partial charge on any atom is -0.466 e. The highest BCUT2D eigenvalue weighted by Gasteiger charge is 2.47. The molecule has 0 radical (unpaired) electrons. The highest BCUT2D eigenvalue weighted by molar-refractivity contribution is 6.02. The molecule has 6 heteroatoms. The molecule has 2 unspecified atom stereocenters. The Morgan fingerprint density at radius 2 is 2.11 bits per heavy atom. The number of likely N-dealkylation sites (tertiary alicyclic amines) is 1. The molecule has 0 aromatic heterocycles. The van der Waals surface area contributed by atoms with E-state index < -0.39 is 5.41 Å². The first kappa shape index (κ1) is 20.4. The van der Waals surface area contributed by atoms with Gasteiger partial charge in [0.2, 0.25) is 5.91 Å². The molecule has 1 fully saturated rings. The topological polar surface area (TPSA) is 68.2 Å². The fourth-order valence-corrected chi connectivity index (χ4v) is 4.30. The molecular formula is C22H30N2O4. The summed E-state index contributed by atoms with van der Waals surface area (Å²) in [7, 11) is 0. The van der Waals surface area contributed by atoms with Gasteiger partial charge >= 0.3 is 5.97 Å². The highest BCUT2D eigenvalue weighted by atomic mass is 16.6. The van der Waals surface area contributed by atoms with Gasteiger partial charge < -0.3 is 14.5 Å². The van der Waals surface area contributed by atoms with E-state index in [0.717, 1.165) is 23.3 Å². The molecule has 1 aromatic rings. The lowest BCUT2D eigenvalue weighted by molar-refractivity contribution is -0.163. The highest BCUT2D eigenvalue weighted by Crippen LogP contribution is 2.39. The third kappa shape index (κ3) is 4.21. The molecule has 0 N–H and O–H groups in total. The molecule has 2 atom stereocenters. The van der Waals surface area contributed by atoms with Gasteiger partial charge in [-0.05, 0) is 32.3 Å². The standard InChI is InChI=1S/C22H30N2O4/c1-4-20(25)24-12-8-11-22(15-24,21(26)27-5-2)14-17-13-19(23-28-17)18-10-7-6-9-16(18)3/h6-7,9-10,17H,4-5,8,11-15H2,1-3H3. The first-order valence-corrected chi connectivity index (χ1v) is 10.2. The number of hydrogen-bond acceptors (Lipinski definition) is 5. The minimum absolute atomic E-state index is 0.0811. The van der Waals surface area contributed by atoms with Gasteiger partial charge in [-0.25, -0.2) is 0 Å². The number of amides is 1. The average Bonchev–Trinajstić information content (AvgIpc) is 3.16. The zero-order chi connectivity index (χ0) is 20.1. The van der Waals surface area contributed by atoms with Crippen LogP contribution in [0.3, 0.4) is 0 Å². The fraction of sp³-hybridized carbons (Fsp3) is 0.591. The van der Waals surface area contributed by atoms with Crippen molar-refractivity contribution in [3.63, 3.8) is 0 Å². The summed E-state index contributed by atoms with van der Waals surface area (Å²) in [6.07, 6.45) is 2.93. The molecule has 0 aliphatic carbocycles. The number of carbonyl (C=O) groups excluding carboxylic acids is 2. The van der Waals surface area contributed by atoms with E-state index in [1.807, 2.05) is 32.0 Å². The number of esters is 1. The molecule has 1 saturated heterocycles. The van der Waals surface area contributed by atoms with Crippen LogP contribution >= 0.6 is 0 Å². The summed E-state index contributed by atoms with van der Waals surface area (Å²) in [4.78, 5) is 32.7. The smallest absolute Gasteiger partial charge is 0.314 e. The maximum absolute atomic E-state index is 12.9. The Bertz CT molecular complexity index is 761. The van der Waals surface area contributed by atoms with Gasteiger partial charge in [-0.15, -0.1) is 0 Å². The Labute approximate surface area is 166 Å². The van der Waals surface area contributed by atoms with Crippen molar-refractivity contribution in [1.29, 1.82) is 0 Å². The Morgan fingerprint density at radius 1 is 1.32 bits per heavy atom. The van der Waals surface area contributed by atoms with E-state index in [0.29, 0.717) is 45.4 Å². The second-order valence-electron chi connectivity index (χ2n) is 7.76. The van der Waals surface area contributed by atoms with Crippen LogP contribution < -0.4 is 0 Å². The number of carbonyl (C=O) groups is 2. The minimum atomic E-state index is -0.722. The lowest BCUT2D eigenvalue weighted by atomic mass is 9.74. The molecule has 2 aliphatic heterocycles.